The van der Waals surface area contributed by atoms with Gasteiger partial charge in [-0.25, -0.2) is 4.39 Å². The van der Waals surface area contributed by atoms with Crippen LogP contribution in [-0.4, -0.2) is 25.8 Å². The van der Waals surface area contributed by atoms with Crippen LogP contribution in [0, 0.1) is 5.82 Å². The smallest absolute Gasteiger partial charge is 0.494 e. The SMILES string of the molecule is CC(C)(C)OCCOc1cc(F)ccc1[B-](F)(F)F.[K+]. The molecule has 0 saturated carbocycles. The van der Waals surface area contributed by atoms with E-state index >= 15 is 0 Å². The molecule has 0 atom stereocenters. The summed E-state index contributed by atoms with van der Waals surface area (Å²) >= 11 is 0. The van der Waals surface area contributed by atoms with Gasteiger partial charge in [0.15, 0.2) is 0 Å². The largest absolute Gasteiger partial charge is 1.00 e. The molecule has 1 rings (SSSR count). The van der Waals surface area contributed by atoms with Gasteiger partial charge in [-0.1, -0.05) is 11.5 Å². The Bertz CT molecular complexity index is 432. The monoisotopic (exact) mass is 318 g/mol. The van der Waals surface area contributed by atoms with Crippen LogP contribution in [0.5, 0.6) is 5.75 Å². The molecule has 0 aliphatic rings. The molecule has 2 nitrogen and oxygen atoms in total. The Hall–Kier alpha value is 0.401. The van der Waals surface area contributed by atoms with E-state index in [0.717, 1.165) is 12.1 Å². The number of rotatable bonds is 5. The molecule has 0 heterocycles. The van der Waals surface area contributed by atoms with Crippen LogP contribution in [-0.2, 0) is 4.74 Å². The Kier molecular flexibility index (Phi) is 8.31. The summed E-state index contributed by atoms with van der Waals surface area (Å²) in [6.07, 6.45) is 0. The molecule has 0 spiro atoms. The standard InChI is InChI=1S/C12H16BF4O2.K/c1-12(2,3)19-7-6-18-11-8-9(14)4-5-10(11)13(15,16)17;/h4-5,8H,6-7H2,1-3H3;/q-1;+1. The zero-order chi connectivity index (χ0) is 14.7. The van der Waals surface area contributed by atoms with E-state index in [1.807, 2.05) is 20.8 Å². The Morgan fingerprint density at radius 3 is 2.20 bits per heavy atom. The van der Waals surface area contributed by atoms with Gasteiger partial charge in [0.1, 0.15) is 12.4 Å². The van der Waals surface area contributed by atoms with Crippen molar-refractivity contribution in [2.75, 3.05) is 13.2 Å². The minimum Gasteiger partial charge on any atom is -0.494 e. The van der Waals surface area contributed by atoms with Crippen molar-refractivity contribution in [3.8, 4) is 5.75 Å². The van der Waals surface area contributed by atoms with Crippen molar-refractivity contribution < 1.29 is 78.2 Å². The van der Waals surface area contributed by atoms with E-state index in [1.54, 1.807) is 0 Å². The van der Waals surface area contributed by atoms with E-state index in [4.69, 9.17) is 9.47 Å². The van der Waals surface area contributed by atoms with Gasteiger partial charge in [0.05, 0.1) is 18.0 Å². The molecule has 0 saturated heterocycles. The Morgan fingerprint density at radius 2 is 1.70 bits per heavy atom. The minimum absolute atomic E-state index is 0. The molecule has 0 N–H and O–H groups in total. The molecule has 0 fully saturated rings. The van der Waals surface area contributed by atoms with Crippen LogP contribution >= 0.6 is 0 Å². The zero-order valence-electron chi connectivity index (χ0n) is 12.1. The minimum atomic E-state index is -5.23. The molecule has 0 aromatic heterocycles. The predicted molar refractivity (Wildman–Crippen MR) is 66.3 cm³/mol. The zero-order valence-corrected chi connectivity index (χ0v) is 15.2. The summed E-state index contributed by atoms with van der Waals surface area (Å²) in [5.74, 6) is -1.26. The van der Waals surface area contributed by atoms with E-state index in [1.165, 1.54) is 0 Å². The predicted octanol–water partition coefficient (Wildman–Crippen LogP) is 0.0780. The third-order valence-electron chi connectivity index (χ3n) is 2.20. The maximum absolute atomic E-state index is 13.0. The number of benzene rings is 1. The van der Waals surface area contributed by atoms with Gasteiger partial charge in [-0.3, -0.25) is 0 Å². The van der Waals surface area contributed by atoms with Crippen molar-refractivity contribution in [3.63, 3.8) is 0 Å². The van der Waals surface area contributed by atoms with Gasteiger partial charge in [0.2, 0.25) is 0 Å². The topological polar surface area (TPSA) is 18.5 Å². The first-order valence-electron chi connectivity index (χ1n) is 5.86. The summed E-state index contributed by atoms with van der Waals surface area (Å²) in [6, 6.07) is 2.19. The number of hydrogen-bond donors (Lipinski definition) is 0. The van der Waals surface area contributed by atoms with Crippen molar-refractivity contribution in [2.24, 2.45) is 0 Å². The first-order valence-corrected chi connectivity index (χ1v) is 5.86. The van der Waals surface area contributed by atoms with E-state index in [-0.39, 0.29) is 64.6 Å². The summed E-state index contributed by atoms with van der Waals surface area (Å²) in [5.41, 5.74) is -1.33. The molecule has 8 heteroatoms. The summed E-state index contributed by atoms with van der Waals surface area (Å²) in [4.78, 5) is 0. The summed E-state index contributed by atoms with van der Waals surface area (Å²) in [7, 11) is 0. The molecule has 0 unspecified atom stereocenters. The van der Waals surface area contributed by atoms with Crippen molar-refractivity contribution in [1.82, 2.24) is 0 Å². The number of hydrogen-bond acceptors (Lipinski definition) is 2. The normalized spacial score (nSPS) is 11.9. The average molecular weight is 318 g/mol. The van der Waals surface area contributed by atoms with Crippen LogP contribution in [0.3, 0.4) is 0 Å². The van der Waals surface area contributed by atoms with E-state index in [2.05, 4.69) is 0 Å². The summed E-state index contributed by atoms with van der Waals surface area (Å²) in [6.45, 7) is 0.286. The molecule has 0 amide bonds. The van der Waals surface area contributed by atoms with Crippen LogP contribution in [0.2, 0.25) is 0 Å². The molecule has 0 aliphatic heterocycles. The quantitative estimate of drug-likeness (QED) is 0.435. The molecule has 0 radical (unpaired) electrons. The Labute approximate surface area is 158 Å². The van der Waals surface area contributed by atoms with Crippen LogP contribution in [0.4, 0.5) is 17.3 Å². The van der Waals surface area contributed by atoms with Crippen LogP contribution in [0.25, 0.3) is 0 Å². The molecule has 20 heavy (non-hydrogen) atoms. The van der Waals surface area contributed by atoms with Gasteiger partial charge >= 0.3 is 58.4 Å². The summed E-state index contributed by atoms with van der Waals surface area (Å²) < 4.78 is 61.4. The van der Waals surface area contributed by atoms with Gasteiger partial charge in [0.25, 0.3) is 0 Å². The maximum Gasteiger partial charge on any atom is 1.00 e. The molecule has 108 valence electrons. The van der Waals surface area contributed by atoms with Crippen molar-refractivity contribution in [1.29, 1.82) is 0 Å². The molecule has 1 aromatic carbocycles. The maximum atomic E-state index is 13.0. The second-order valence-corrected chi connectivity index (χ2v) is 5.07. The van der Waals surface area contributed by atoms with Crippen molar-refractivity contribution in [3.05, 3.63) is 24.0 Å². The second-order valence-electron chi connectivity index (χ2n) is 5.07. The molecular weight excluding hydrogens is 302 g/mol. The summed E-state index contributed by atoms with van der Waals surface area (Å²) in [5, 5.41) is 0. The first kappa shape index (κ1) is 20.4. The van der Waals surface area contributed by atoms with Gasteiger partial charge < -0.3 is 22.4 Å². The van der Waals surface area contributed by atoms with Crippen LogP contribution in [0.15, 0.2) is 18.2 Å². The van der Waals surface area contributed by atoms with Gasteiger partial charge in [-0.05, 0) is 26.8 Å². The van der Waals surface area contributed by atoms with Gasteiger partial charge in [-0.2, -0.15) is 0 Å². The average Bonchev–Trinajstić information content (AvgIpc) is 2.21. The van der Waals surface area contributed by atoms with Crippen LogP contribution < -0.4 is 61.6 Å². The fourth-order valence-corrected chi connectivity index (χ4v) is 1.40. The van der Waals surface area contributed by atoms with E-state index in [0.29, 0.717) is 6.07 Å². The van der Waals surface area contributed by atoms with Crippen LogP contribution in [0.1, 0.15) is 20.8 Å². The first-order chi connectivity index (χ1) is 8.59. The van der Waals surface area contributed by atoms with Gasteiger partial charge in [0, 0.05) is 6.07 Å². The van der Waals surface area contributed by atoms with Crippen molar-refractivity contribution >= 4 is 12.4 Å². The fraction of sp³-hybridized carbons (Fsp3) is 0.500. The Balaban J connectivity index is 0.00000361. The fourth-order valence-electron chi connectivity index (χ4n) is 1.40. The molecule has 1 aromatic rings. The Morgan fingerprint density at radius 1 is 1.10 bits per heavy atom. The van der Waals surface area contributed by atoms with Crippen molar-refractivity contribution in [2.45, 2.75) is 26.4 Å². The third-order valence-corrected chi connectivity index (χ3v) is 2.20. The molecule has 0 bridgehead atoms. The molecular formula is C12H16BF4KO2. The molecule has 0 aliphatic carbocycles. The van der Waals surface area contributed by atoms with E-state index in [9.17, 15) is 17.3 Å². The number of halogens is 4. The van der Waals surface area contributed by atoms with E-state index < -0.39 is 29.6 Å². The second kappa shape index (κ2) is 8.14. The third kappa shape index (κ3) is 7.42. The number of ether oxygens (including phenoxy) is 2. The van der Waals surface area contributed by atoms with Gasteiger partial charge in [-0.15, -0.1) is 0 Å².